The third-order valence-corrected chi connectivity index (χ3v) is 4.31. The Balaban J connectivity index is 0.00000133. The van der Waals surface area contributed by atoms with Crippen molar-refractivity contribution in [3.8, 4) is 0 Å². The van der Waals surface area contributed by atoms with E-state index in [4.69, 9.17) is 0 Å². The van der Waals surface area contributed by atoms with Gasteiger partial charge in [-0.2, -0.15) is 8.42 Å². The van der Waals surface area contributed by atoms with E-state index in [0.29, 0.717) is 6.42 Å². The zero-order valence-electron chi connectivity index (χ0n) is 9.63. The fourth-order valence-electron chi connectivity index (χ4n) is 2.52. The van der Waals surface area contributed by atoms with Crippen molar-refractivity contribution in [2.45, 2.75) is 17.7 Å². The van der Waals surface area contributed by atoms with Gasteiger partial charge in [0.2, 0.25) is 0 Å². The topological polar surface area (TPSA) is 54.4 Å². The van der Waals surface area contributed by atoms with Gasteiger partial charge in [0, 0.05) is 0 Å². The van der Waals surface area contributed by atoms with Crippen molar-refractivity contribution in [1.29, 1.82) is 0 Å². The van der Waals surface area contributed by atoms with Gasteiger partial charge in [-0.1, -0.05) is 36.4 Å². The Labute approximate surface area is 134 Å². The quantitative estimate of drug-likeness (QED) is 0.547. The van der Waals surface area contributed by atoms with Gasteiger partial charge in [-0.25, -0.2) is 0 Å². The van der Waals surface area contributed by atoms with Crippen molar-refractivity contribution in [2.75, 3.05) is 0 Å². The third-order valence-electron chi connectivity index (χ3n) is 3.37. The van der Waals surface area contributed by atoms with Crippen LogP contribution in [0.4, 0.5) is 0 Å². The monoisotopic (exact) mass is 284 g/mol. The Morgan fingerprint density at radius 1 is 0.842 bits per heavy atom. The van der Waals surface area contributed by atoms with Crippen LogP contribution in [0.15, 0.2) is 47.4 Å². The number of hydrogen-bond donors (Lipinski definition) is 1. The molecule has 0 radical (unpaired) electrons. The van der Waals surface area contributed by atoms with Crippen LogP contribution in [-0.4, -0.2) is 42.5 Å². The van der Waals surface area contributed by atoms with Crippen molar-refractivity contribution < 1.29 is 13.0 Å². The average Bonchev–Trinajstić information content (AvgIpc) is 2.34. The van der Waals surface area contributed by atoms with Gasteiger partial charge in [-0.3, -0.25) is 4.55 Å². The predicted molar refractivity (Wildman–Crippen MR) is 75.5 cm³/mol. The molecule has 5 heteroatoms. The first-order valence-electron chi connectivity index (χ1n) is 5.71. The molecule has 0 aliphatic heterocycles. The minimum atomic E-state index is -4.15. The zero-order chi connectivity index (χ0) is 12.8. The second-order valence-corrected chi connectivity index (χ2v) is 5.88. The van der Waals surface area contributed by atoms with E-state index in [1.165, 1.54) is 11.6 Å². The summed E-state index contributed by atoms with van der Waals surface area (Å²) in [4.78, 5) is 0.0366. The molecule has 1 aliphatic rings. The predicted octanol–water partition coefficient (Wildman–Crippen LogP) is 1.78. The SMILES string of the molecule is O=S(=O)(O)c1cccc2c1Cc1ccccc1C2.[NaH]. The third kappa shape index (κ3) is 2.78. The second-order valence-electron chi connectivity index (χ2n) is 4.49. The summed E-state index contributed by atoms with van der Waals surface area (Å²) in [7, 11) is -4.15. The van der Waals surface area contributed by atoms with Gasteiger partial charge in [-0.15, -0.1) is 0 Å². The van der Waals surface area contributed by atoms with E-state index in [2.05, 4.69) is 6.07 Å². The molecule has 0 saturated heterocycles. The van der Waals surface area contributed by atoms with Crippen LogP contribution in [0.3, 0.4) is 0 Å². The van der Waals surface area contributed by atoms with Gasteiger partial charge < -0.3 is 0 Å². The molecule has 2 aromatic rings. The number of hydrogen-bond acceptors (Lipinski definition) is 2. The Kier molecular flexibility index (Phi) is 4.18. The normalized spacial score (nSPS) is 13.1. The van der Waals surface area contributed by atoms with Gasteiger partial charge in [0.15, 0.2) is 0 Å². The van der Waals surface area contributed by atoms with Crippen LogP contribution >= 0.6 is 0 Å². The van der Waals surface area contributed by atoms with Crippen molar-refractivity contribution >= 4 is 39.7 Å². The van der Waals surface area contributed by atoms with E-state index < -0.39 is 10.1 Å². The molecule has 0 atom stereocenters. The number of rotatable bonds is 1. The molecule has 2 aromatic carbocycles. The van der Waals surface area contributed by atoms with Gasteiger partial charge in [0.25, 0.3) is 10.1 Å². The Morgan fingerprint density at radius 3 is 2.05 bits per heavy atom. The molecule has 1 N–H and O–H groups in total. The summed E-state index contributed by atoms with van der Waals surface area (Å²) in [5.74, 6) is 0. The van der Waals surface area contributed by atoms with Crippen LogP contribution in [0.5, 0.6) is 0 Å². The van der Waals surface area contributed by atoms with Gasteiger partial charge in [-0.05, 0) is 41.2 Å². The van der Waals surface area contributed by atoms with Crippen LogP contribution in [0.1, 0.15) is 22.3 Å². The fourth-order valence-corrected chi connectivity index (χ4v) is 3.28. The van der Waals surface area contributed by atoms with Crippen LogP contribution in [0.25, 0.3) is 0 Å². The molecule has 3 rings (SSSR count). The van der Waals surface area contributed by atoms with E-state index in [9.17, 15) is 13.0 Å². The molecule has 0 bridgehead atoms. The van der Waals surface area contributed by atoms with Crippen molar-refractivity contribution in [3.05, 3.63) is 64.7 Å². The van der Waals surface area contributed by atoms with Gasteiger partial charge in [0.1, 0.15) is 0 Å². The summed E-state index contributed by atoms with van der Waals surface area (Å²) in [6, 6.07) is 13.0. The van der Waals surface area contributed by atoms with Gasteiger partial charge >= 0.3 is 29.6 Å². The van der Waals surface area contributed by atoms with Crippen LogP contribution in [0.2, 0.25) is 0 Å². The average molecular weight is 284 g/mol. The molecule has 0 aromatic heterocycles. The number of fused-ring (bicyclic) bond motifs is 2. The Bertz CT molecular complexity index is 723. The first kappa shape index (κ1) is 14.8. The van der Waals surface area contributed by atoms with Crippen LogP contribution < -0.4 is 0 Å². The Hall–Kier alpha value is -0.650. The van der Waals surface area contributed by atoms with Crippen molar-refractivity contribution in [2.24, 2.45) is 0 Å². The summed E-state index contributed by atoms with van der Waals surface area (Å²) < 4.78 is 32.0. The summed E-state index contributed by atoms with van der Waals surface area (Å²) in [5.41, 5.74) is 4.04. The summed E-state index contributed by atoms with van der Waals surface area (Å²) in [6.07, 6.45) is 1.27. The molecule has 94 valence electrons. The van der Waals surface area contributed by atoms with E-state index >= 15 is 0 Å². The molecule has 0 heterocycles. The molecule has 19 heavy (non-hydrogen) atoms. The molecular weight excluding hydrogens is 271 g/mol. The number of benzene rings is 2. The molecular formula is C14H13NaO3S. The maximum atomic E-state index is 11.4. The van der Waals surface area contributed by atoms with Gasteiger partial charge in [0.05, 0.1) is 4.90 Å². The van der Waals surface area contributed by atoms with Crippen molar-refractivity contribution in [1.82, 2.24) is 0 Å². The summed E-state index contributed by atoms with van der Waals surface area (Å²) >= 11 is 0. The van der Waals surface area contributed by atoms with Crippen molar-refractivity contribution in [3.63, 3.8) is 0 Å². The molecule has 1 aliphatic carbocycles. The first-order chi connectivity index (χ1) is 8.55. The zero-order valence-corrected chi connectivity index (χ0v) is 10.4. The maximum absolute atomic E-state index is 11.4. The molecule has 0 unspecified atom stereocenters. The van der Waals surface area contributed by atoms with E-state index in [1.54, 1.807) is 6.07 Å². The van der Waals surface area contributed by atoms with E-state index in [1.807, 2.05) is 24.3 Å². The molecule has 3 nitrogen and oxygen atoms in total. The fraction of sp³-hybridized carbons (Fsp3) is 0.143. The first-order valence-corrected chi connectivity index (χ1v) is 7.15. The second kappa shape index (κ2) is 5.38. The summed E-state index contributed by atoms with van der Waals surface area (Å²) in [6.45, 7) is 0. The standard InChI is InChI=1S/C14H12O3S.Na.H/c15-18(16,17)14-7-3-6-12-8-10-4-1-2-5-11(10)9-13(12)14;;/h1-7H,8-9H2,(H,15,16,17);;. The van der Waals surface area contributed by atoms with E-state index in [-0.39, 0.29) is 34.5 Å². The minimum absolute atomic E-state index is 0. The van der Waals surface area contributed by atoms with E-state index in [0.717, 1.165) is 23.1 Å². The molecule has 0 spiro atoms. The summed E-state index contributed by atoms with van der Waals surface area (Å²) in [5, 5.41) is 0. The van der Waals surface area contributed by atoms with Crippen LogP contribution in [-0.2, 0) is 23.0 Å². The molecule has 0 saturated carbocycles. The molecule has 0 fully saturated rings. The van der Waals surface area contributed by atoms with Crippen LogP contribution in [0, 0.1) is 0 Å². The Morgan fingerprint density at radius 2 is 1.42 bits per heavy atom. The molecule has 0 amide bonds.